The number of aromatic amines is 1. The van der Waals surface area contributed by atoms with Crippen molar-refractivity contribution in [3.8, 4) is 11.5 Å². The fraction of sp³-hybridized carbons (Fsp3) is 0.200. The van der Waals surface area contributed by atoms with Crippen LogP contribution >= 0.6 is 0 Å². The lowest BCUT2D eigenvalue weighted by Crippen LogP contribution is -2.16. The van der Waals surface area contributed by atoms with Crippen LogP contribution in [0.4, 0.5) is 0 Å². The second-order valence-electron chi connectivity index (χ2n) is 5.65. The predicted octanol–water partition coefficient (Wildman–Crippen LogP) is 3.73. The molecular weight excluding hydrogens is 300 g/mol. The van der Waals surface area contributed by atoms with E-state index in [1.54, 1.807) is 13.2 Å². The Kier molecular flexibility index (Phi) is 5.18. The Morgan fingerprint density at radius 1 is 1.21 bits per heavy atom. The first-order valence-electron chi connectivity index (χ1n) is 8.07. The number of benzene rings is 2. The van der Waals surface area contributed by atoms with Crippen LogP contribution in [0.15, 0.2) is 54.7 Å². The van der Waals surface area contributed by atoms with Crippen LogP contribution in [0.5, 0.6) is 11.5 Å². The molecular formula is C20H22N2O2. The molecule has 0 saturated heterocycles. The second kappa shape index (κ2) is 7.70. The highest BCUT2D eigenvalue weighted by molar-refractivity contribution is 5.83. The third-order valence-electron chi connectivity index (χ3n) is 4.02. The first-order chi connectivity index (χ1) is 11.8. The first kappa shape index (κ1) is 16.1. The number of aromatic hydroxyl groups is 1. The fourth-order valence-corrected chi connectivity index (χ4v) is 2.74. The van der Waals surface area contributed by atoms with Crippen LogP contribution in [0, 0.1) is 0 Å². The Bertz CT molecular complexity index is 837. The van der Waals surface area contributed by atoms with Crippen molar-refractivity contribution in [1.29, 1.82) is 0 Å². The summed E-state index contributed by atoms with van der Waals surface area (Å²) in [6.07, 6.45) is 7.16. The molecule has 1 heterocycles. The molecule has 0 aliphatic heterocycles. The number of aromatic nitrogens is 1. The smallest absolute Gasteiger partial charge is 0.161 e. The van der Waals surface area contributed by atoms with E-state index in [1.807, 2.05) is 24.3 Å². The zero-order valence-electron chi connectivity index (χ0n) is 13.8. The number of phenolic OH excluding ortho intramolecular Hbond substituents is 1. The summed E-state index contributed by atoms with van der Waals surface area (Å²) in [7, 11) is 1.55. The van der Waals surface area contributed by atoms with E-state index in [0.717, 1.165) is 25.1 Å². The maximum atomic E-state index is 9.58. The van der Waals surface area contributed by atoms with Crippen LogP contribution in [0.2, 0.25) is 0 Å². The van der Waals surface area contributed by atoms with Crippen molar-refractivity contribution in [3.05, 3.63) is 65.9 Å². The number of para-hydroxylation sites is 1. The van der Waals surface area contributed by atoms with Crippen LogP contribution in [-0.4, -0.2) is 30.3 Å². The van der Waals surface area contributed by atoms with Crippen molar-refractivity contribution in [1.82, 2.24) is 10.3 Å². The van der Waals surface area contributed by atoms with Crippen LogP contribution in [0.25, 0.3) is 17.0 Å². The molecule has 24 heavy (non-hydrogen) atoms. The molecule has 0 amide bonds. The van der Waals surface area contributed by atoms with Gasteiger partial charge in [0, 0.05) is 23.6 Å². The lowest BCUT2D eigenvalue weighted by Gasteiger charge is -2.04. The molecule has 3 rings (SSSR count). The summed E-state index contributed by atoms with van der Waals surface area (Å²) in [5, 5.41) is 14.3. The summed E-state index contributed by atoms with van der Waals surface area (Å²) < 4.78 is 5.10. The van der Waals surface area contributed by atoms with Crippen LogP contribution < -0.4 is 10.1 Å². The minimum Gasteiger partial charge on any atom is -0.504 e. The molecule has 2 aromatic carbocycles. The van der Waals surface area contributed by atoms with E-state index in [2.05, 4.69) is 40.8 Å². The molecule has 0 spiro atoms. The molecule has 0 unspecified atom stereocenters. The van der Waals surface area contributed by atoms with Crippen LogP contribution in [-0.2, 0) is 6.42 Å². The highest BCUT2D eigenvalue weighted by atomic mass is 16.5. The van der Waals surface area contributed by atoms with Gasteiger partial charge in [0.05, 0.1) is 7.11 Å². The van der Waals surface area contributed by atoms with E-state index < -0.39 is 0 Å². The maximum Gasteiger partial charge on any atom is 0.161 e. The molecule has 0 saturated carbocycles. The molecule has 124 valence electrons. The van der Waals surface area contributed by atoms with Gasteiger partial charge >= 0.3 is 0 Å². The van der Waals surface area contributed by atoms with E-state index in [1.165, 1.54) is 16.5 Å². The Balaban J connectivity index is 1.47. The quantitative estimate of drug-likeness (QED) is 0.581. The van der Waals surface area contributed by atoms with Crippen molar-refractivity contribution >= 4 is 17.0 Å². The Morgan fingerprint density at radius 3 is 2.96 bits per heavy atom. The van der Waals surface area contributed by atoms with E-state index in [-0.39, 0.29) is 5.75 Å². The topological polar surface area (TPSA) is 57.3 Å². The maximum absolute atomic E-state index is 9.58. The standard InChI is InChI=1S/C20H22N2O2/c1-24-20-13-15(8-9-19(20)23)5-4-11-21-12-10-16-14-22-18-7-3-2-6-17(16)18/h2-9,13-14,21-23H,10-12H2,1H3/b5-4+. The summed E-state index contributed by atoms with van der Waals surface area (Å²) in [6, 6.07) is 13.7. The molecule has 0 radical (unpaired) electrons. The van der Waals surface area contributed by atoms with Gasteiger partial charge in [-0.25, -0.2) is 0 Å². The van der Waals surface area contributed by atoms with Crippen molar-refractivity contribution in [2.75, 3.05) is 20.2 Å². The monoisotopic (exact) mass is 322 g/mol. The number of fused-ring (bicyclic) bond motifs is 1. The molecule has 0 bridgehead atoms. The van der Waals surface area contributed by atoms with Crippen molar-refractivity contribution in [2.45, 2.75) is 6.42 Å². The minimum absolute atomic E-state index is 0.159. The third-order valence-corrected chi connectivity index (χ3v) is 4.02. The molecule has 0 aliphatic carbocycles. The van der Waals surface area contributed by atoms with Gasteiger partial charge in [0.2, 0.25) is 0 Å². The van der Waals surface area contributed by atoms with Crippen LogP contribution in [0.3, 0.4) is 0 Å². The molecule has 0 fully saturated rings. The average molecular weight is 322 g/mol. The second-order valence-corrected chi connectivity index (χ2v) is 5.65. The summed E-state index contributed by atoms with van der Waals surface area (Å²) in [5.74, 6) is 0.649. The number of rotatable bonds is 7. The fourth-order valence-electron chi connectivity index (χ4n) is 2.74. The molecule has 0 atom stereocenters. The van der Waals surface area contributed by atoms with E-state index in [4.69, 9.17) is 4.74 Å². The average Bonchev–Trinajstić information content (AvgIpc) is 3.02. The van der Waals surface area contributed by atoms with Crippen LogP contribution in [0.1, 0.15) is 11.1 Å². The molecule has 4 nitrogen and oxygen atoms in total. The van der Waals surface area contributed by atoms with Gasteiger partial charge in [-0.1, -0.05) is 36.4 Å². The highest BCUT2D eigenvalue weighted by Crippen LogP contribution is 2.26. The predicted molar refractivity (Wildman–Crippen MR) is 98.6 cm³/mol. The van der Waals surface area contributed by atoms with E-state index >= 15 is 0 Å². The normalized spacial score (nSPS) is 11.4. The Labute approximate surface area is 141 Å². The Hall–Kier alpha value is -2.72. The Morgan fingerprint density at radius 2 is 2.08 bits per heavy atom. The first-order valence-corrected chi connectivity index (χ1v) is 8.07. The molecule has 0 aliphatic rings. The summed E-state index contributed by atoms with van der Waals surface area (Å²) >= 11 is 0. The lowest BCUT2D eigenvalue weighted by molar-refractivity contribution is 0.373. The zero-order chi connectivity index (χ0) is 16.8. The van der Waals surface area contributed by atoms with Gasteiger partial charge in [-0.05, 0) is 42.3 Å². The molecule has 3 aromatic rings. The van der Waals surface area contributed by atoms with Gasteiger partial charge in [0.25, 0.3) is 0 Å². The number of nitrogens with one attached hydrogen (secondary N) is 2. The number of methoxy groups -OCH3 is 1. The van der Waals surface area contributed by atoms with Crippen molar-refractivity contribution in [3.63, 3.8) is 0 Å². The van der Waals surface area contributed by atoms with Gasteiger partial charge in [0.1, 0.15) is 0 Å². The van der Waals surface area contributed by atoms with Gasteiger partial charge in [-0.3, -0.25) is 0 Å². The van der Waals surface area contributed by atoms with Crippen molar-refractivity contribution < 1.29 is 9.84 Å². The van der Waals surface area contributed by atoms with E-state index in [9.17, 15) is 5.11 Å². The van der Waals surface area contributed by atoms with E-state index in [0.29, 0.717) is 5.75 Å². The SMILES string of the molecule is COc1cc(/C=C/CNCCc2c[nH]c3ccccc23)ccc1O. The van der Waals surface area contributed by atoms with Gasteiger partial charge in [0.15, 0.2) is 11.5 Å². The minimum atomic E-state index is 0.159. The summed E-state index contributed by atoms with van der Waals surface area (Å²) in [4.78, 5) is 3.30. The molecule has 3 N–H and O–H groups in total. The van der Waals surface area contributed by atoms with Gasteiger partial charge in [-0.15, -0.1) is 0 Å². The number of phenols is 1. The molecule has 1 aromatic heterocycles. The van der Waals surface area contributed by atoms with Gasteiger partial charge < -0.3 is 20.1 Å². The number of hydrogen-bond acceptors (Lipinski definition) is 3. The molecule has 4 heteroatoms. The largest absolute Gasteiger partial charge is 0.504 e. The lowest BCUT2D eigenvalue weighted by atomic mass is 10.1. The highest BCUT2D eigenvalue weighted by Gasteiger charge is 2.02. The number of H-pyrrole nitrogens is 1. The summed E-state index contributed by atoms with van der Waals surface area (Å²) in [6.45, 7) is 1.72. The number of hydrogen-bond donors (Lipinski definition) is 3. The van der Waals surface area contributed by atoms with Crippen molar-refractivity contribution in [2.24, 2.45) is 0 Å². The van der Waals surface area contributed by atoms with Gasteiger partial charge in [-0.2, -0.15) is 0 Å². The zero-order valence-corrected chi connectivity index (χ0v) is 13.8. The number of ether oxygens (including phenoxy) is 1. The summed E-state index contributed by atoms with van der Waals surface area (Å²) in [5.41, 5.74) is 3.53. The third kappa shape index (κ3) is 3.78.